The molecule has 1 atom stereocenters. The topological polar surface area (TPSA) is 58.6 Å². The number of carbonyl (C=O) groups excluding carboxylic acids is 1. The van der Waals surface area contributed by atoms with Crippen molar-refractivity contribution < 1.29 is 14.6 Å². The molecule has 4 nitrogen and oxygen atoms in total. The molecular formula is C17H27NO3. The summed E-state index contributed by atoms with van der Waals surface area (Å²) in [6, 6.07) is 9.93. The minimum atomic E-state index is -0.652. The zero-order valence-corrected chi connectivity index (χ0v) is 13.3. The lowest BCUT2D eigenvalue weighted by Crippen LogP contribution is -2.27. The monoisotopic (exact) mass is 293 g/mol. The molecule has 0 aliphatic rings. The standard InChI is InChI=1S/C17H27NO3/c1-14(8-7-11-17(2,3)20)21-16(19)13-18-12-15-9-5-4-6-10-15/h4-6,9-10,14,18,20H,7-8,11-13H2,1-3H3. The van der Waals surface area contributed by atoms with Crippen LogP contribution in [0.15, 0.2) is 30.3 Å². The van der Waals surface area contributed by atoms with E-state index < -0.39 is 5.60 Å². The Morgan fingerprint density at radius 2 is 2.00 bits per heavy atom. The Morgan fingerprint density at radius 1 is 1.33 bits per heavy atom. The average Bonchev–Trinajstić information content (AvgIpc) is 2.38. The quantitative estimate of drug-likeness (QED) is 0.687. The molecular weight excluding hydrogens is 266 g/mol. The second kappa shape index (κ2) is 8.80. The summed E-state index contributed by atoms with van der Waals surface area (Å²) in [6.45, 7) is 6.33. The first-order valence-corrected chi connectivity index (χ1v) is 7.53. The van der Waals surface area contributed by atoms with Crippen molar-refractivity contribution in [3.63, 3.8) is 0 Å². The summed E-state index contributed by atoms with van der Waals surface area (Å²) in [5.41, 5.74) is 0.490. The fraction of sp³-hybridized carbons (Fsp3) is 0.588. The van der Waals surface area contributed by atoms with Gasteiger partial charge in [0.25, 0.3) is 0 Å². The summed E-state index contributed by atoms with van der Waals surface area (Å²) >= 11 is 0. The predicted molar refractivity (Wildman–Crippen MR) is 83.9 cm³/mol. The molecule has 0 saturated carbocycles. The third-order valence-corrected chi connectivity index (χ3v) is 3.17. The van der Waals surface area contributed by atoms with Crippen molar-refractivity contribution in [1.29, 1.82) is 0 Å². The zero-order chi connectivity index (χ0) is 15.7. The molecule has 2 N–H and O–H groups in total. The number of nitrogens with one attached hydrogen (secondary N) is 1. The van der Waals surface area contributed by atoms with Gasteiger partial charge >= 0.3 is 5.97 Å². The Labute approximate surface area is 127 Å². The van der Waals surface area contributed by atoms with Gasteiger partial charge in [0, 0.05) is 6.54 Å². The number of benzene rings is 1. The molecule has 1 unspecified atom stereocenters. The first kappa shape index (κ1) is 17.7. The molecule has 1 aromatic rings. The molecule has 0 amide bonds. The number of hydrogen-bond donors (Lipinski definition) is 2. The van der Waals surface area contributed by atoms with Crippen molar-refractivity contribution in [3.05, 3.63) is 35.9 Å². The van der Waals surface area contributed by atoms with E-state index in [1.165, 1.54) is 0 Å². The van der Waals surface area contributed by atoms with Crippen LogP contribution in [0.3, 0.4) is 0 Å². The second-order valence-corrected chi connectivity index (χ2v) is 6.09. The van der Waals surface area contributed by atoms with Crippen molar-refractivity contribution in [3.8, 4) is 0 Å². The van der Waals surface area contributed by atoms with Gasteiger partial charge in [0.15, 0.2) is 0 Å². The van der Waals surface area contributed by atoms with Gasteiger partial charge in [-0.1, -0.05) is 30.3 Å². The molecule has 0 radical (unpaired) electrons. The van der Waals surface area contributed by atoms with E-state index in [1.807, 2.05) is 37.3 Å². The molecule has 1 aromatic carbocycles. The van der Waals surface area contributed by atoms with Crippen LogP contribution in [-0.2, 0) is 16.1 Å². The van der Waals surface area contributed by atoms with Crippen molar-refractivity contribution >= 4 is 5.97 Å². The molecule has 0 aliphatic heterocycles. The van der Waals surface area contributed by atoms with E-state index in [9.17, 15) is 9.90 Å². The highest BCUT2D eigenvalue weighted by molar-refractivity contribution is 5.71. The highest BCUT2D eigenvalue weighted by atomic mass is 16.5. The lowest BCUT2D eigenvalue weighted by molar-refractivity contribution is -0.147. The number of hydrogen-bond acceptors (Lipinski definition) is 4. The van der Waals surface area contributed by atoms with Gasteiger partial charge < -0.3 is 15.2 Å². The van der Waals surface area contributed by atoms with E-state index in [4.69, 9.17) is 4.74 Å². The van der Waals surface area contributed by atoms with Crippen LogP contribution in [0.25, 0.3) is 0 Å². The van der Waals surface area contributed by atoms with Crippen LogP contribution >= 0.6 is 0 Å². The van der Waals surface area contributed by atoms with Gasteiger partial charge in [-0.25, -0.2) is 0 Å². The molecule has 118 valence electrons. The van der Waals surface area contributed by atoms with Crippen LogP contribution in [0.5, 0.6) is 0 Å². The number of ether oxygens (including phenoxy) is 1. The lowest BCUT2D eigenvalue weighted by atomic mass is 10.0. The van der Waals surface area contributed by atoms with E-state index in [-0.39, 0.29) is 18.6 Å². The third-order valence-electron chi connectivity index (χ3n) is 3.17. The first-order chi connectivity index (χ1) is 9.87. The summed E-state index contributed by atoms with van der Waals surface area (Å²) in [4.78, 5) is 11.7. The maximum Gasteiger partial charge on any atom is 0.320 e. The van der Waals surface area contributed by atoms with E-state index in [0.717, 1.165) is 18.4 Å². The molecule has 4 heteroatoms. The van der Waals surface area contributed by atoms with Crippen molar-refractivity contribution in [2.75, 3.05) is 6.54 Å². The van der Waals surface area contributed by atoms with Crippen LogP contribution < -0.4 is 5.32 Å². The van der Waals surface area contributed by atoms with Gasteiger partial charge in [0.1, 0.15) is 0 Å². The molecule has 0 aliphatic carbocycles. The van der Waals surface area contributed by atoms with Gasteiger partial charge in [-0.3, -0.25) is 4.79 Å². The van der Waals surface area contributed by atoms with Crippen LogP contribution in [0, 0.1) is 0 Å². The summed E-state index contributed by atoms with van der Waals surface area (Å²) in [5, 5.41) is 12.7. The van der Waals surface area contributed by atoms with Crippen LogP contribution in [-0.4, -0.2) is 29.3 Å². The molecule has 21 heavy (non-hydrogen) atoms. The van der Waals surface area contributed by atoms with Crippen molar-refractivity contribution in [1.82, 2.24) is 5.32 Å². The fourth-order valence-corrected chi connectivity index (χ4v) is 2.05. The molecule has 0 spiro atoms. The van der Waals surface area contributed by atoms with Gasteiger partial charge in [-0.2, -0.15) is 0 Å². The molecule has 0 heterocycles. The summed E-state index contributed by atoms with van der Waals surface area (Å²) < 4.78 is 5.32. The smallest absolute Gasteiger partial charge is 0.320 e. The molecule has 0 saturated heterocycles. The Kier molecular flexibility index (Phi) is 7.40. The lowest BCUT2D eigenvalue weighted by Gasteiger charge is -2.18. The van der Waals surface area contributed by atoms with Crippen molar-refractivity contribution in [2.45, 2.75) is 58.3 Å². The minimum absolute atomic E-state index is 0.113. The summed E-state index contributed by atoms with van der Waals surface area (Å²) in [5.74, 6) is -0.235. The van der Waals surface area contributed by atoms with E-state index in [2.05, 4.69) is 5.32 Å². The Hall–Kier alpha value is -1.39. The Balaban J connectivity index is 2.12. The maximum absolute atomic E-state index is 11.7. The van der Waals surface area contributed by atoms with Gasteiger partial charge in [-0.05, 0) is 45.6 Å². The van der Waals surface area contributed by atoms with Gasteiger partial charge in [0.05, 0.1) is 18.2 Å². The normalized spacial score (nSPS) is 13.0. The number of rotatable bonds is 9. The molecule has 0 aromatic heterocycles. The van der Waals surface area contributed by atoms with Crippen molar-refractivity contribution in [2.24, 2.45) is 0 Å². The molecule has 0 bridgehead atoms. The second-order valence-electron chi connectivity index (χ2n) is 6.09. The predicted octanol–water partition coefficient (Wildman–Crippen LogP) is 2.65. The van der Waals surface area contributed by atoms with E-state index in [0.29, 0.717) is 13.0 Å². The third kappa shape index (κ3) is 9.21. The number of carbonyl (C=O) groups is 1. The maximum atomic E-state index is 11.7. The molecule has 1 rings (SSSR count). The number of aliphatic hydroxyl groups is 1. The van der Waals surface area contributed by atoms with Crippen LogP contribution in [0.4, 0.5) is 0 Å². The minimum Gasteiger partial charge on any atom is -0.462 e. The first-order valence-electron chi connectivity index (χ1n) is 7.53. The SMILES string of the molecule is CC(CCCC(C)(C)O)OC(=O)CNCc1ccccc1. The van der Waals surface area contributed by atoms with E-state index >= 15 is 0 Å². The largest absolute Gasteiger partial charge is 0.462 e. The van der Waals surface area contributed by atoms with E-state index in [1.54, 1.807) is 13.8 Å². The highest BCUT2D eigenvalue weighted by Crippen LogP contribution is 2.14. The summed E-state index contributed by atoms with van der Waals surface area (Å²) in [7, 11) is 0. The Bertz CT molecular complexity index is 412. The van der Waals surface area contributed by atoms with Gasteiger partial charge in [-0.15, -0.1) is 0 Å². The fourth-order valence-electron chi connectivity index (χ4n) is 2.05. The molecule has 0 fully saturated rings. The average molecular weight is 293 g/mol. The van der Waals surface area contributed by atoms with Crippen LogP contribution in [0.1, 0.15) is 45.6 Å². The van der Waals surface area contributed by atoms with Crippen LogP contribution in [0.2, 0.25) is 0 Å². The zero-order valence-electron chi connectivity index (χ0n) is 13.3. The summed E-state index contributed by atoms with van der Waals surface area (Å²) in [6.07, 6.45) is 2.21. The highest BCUT2D eigenvalue weighted by Gasteiger charge is 2.14. The Morgan fingerprint density at radius 3 is 2.62 bits per heavy atom. The number of esters is 1. The van der Waals surface area contributed by atoms with Gasteiger partial charge in [0.2, 0.25) is 0 Å².